The van der Waals surface area contributed by atoms with E-state index in [0.29, 0.717) is 25.7 Å². The number of likely N-dealkylation sites (tertiary alicyclic amines) is 1. The van der Waals surface area contributed by atoms with E-state index in [2.05, 4.69) is 69.2 Å². The van der Waals surface area contributed by atoms with Gasteiger partial charge in [0.1, 0.15) is 11.8 Å². The molecule has 2 N–H and O–H groups in total. The Labute approximate surface area is 199 Å². The summed E-state index contributed by atoms with van der Waals surface area (Å²) in [6, 6.07) is 19.1. The molecule has 6 heteroatoms. The van der Waals surface area contributed by atoms with Gasteiger partial charge < -0.3 is 9.97 Å². The molecule has 0 aliphatic carbocycles. The highest BCUT2D eigenvalue weighted by Gasteiger charge is 2.30. The van der Waals surface area contributed by atoms with E-state index in [-0.39, 0.29) is 0 Å². The molecule has 1 fully saturated rings. The minimum atomic E-state index is -1.14. The van der Waals surface area contributed by atoms with Crippen LogP contribution in [0.1, 0.15) is 37.7 Å². The Hall–Kier alpha value is -2.70. The number of aromatic nitrogens is 2. The lowest BCUT2D eigenvalue weighted by atomic mass is 9.96. The molecule has 2 aliphatic heterocycles. The summed E-state index contributed by atoms with van der Waals surface area (Å²) in [5, 5.41) is 2.55. The predicted octanol–water partition coefficient (Wildman–Crippen LogP) is 5.98. The summed E-state index contributed by atoms with van der Waals surface area (Å²) in [6.07, 6.45) is 0.379. The minimum Gasteiger partial charge on any atom is -0.357 e. The second-order valence-electron chi connectivity index (χ2n) is 10.5. The van der Waals surface area contributed by atoms with Gasteiger partial charge in [0.05, 0.1) is 0 Å². The maximum absolute atomic E-state index is 13.9. The standard InChI is InChI=1S/C16H21FN2.C12H13FN2/c1-11-8-13-12-6-4-5-7-14(12)18-15(13)9-19(11)10-16(2,3)17;13-10-6-15(7-10)8-11-5-9-3-1-2-4-12(9)14-11/h4-7,11,18H,8-10H2,1-3H3;1-5,10,14H,6-8H2. The van der Waals surface area contributed by atoms with E-state index in [1.54, 1.807) is 13.8 Å². The van der Waals surface area contributed by atoms with Gasteiger partial charge in [-0.15, -0.1) is 0 Å². The number of H-pyrrole nitrogens is 2. The summed E-state index contributed by atoms with van der Waals surface area (Å²) in [6.45, 7) is 8.79. The Kier molecular flexibility index (Phi) is 6.21. The van der Waals surface area contributed by atoms with Crippen molar-refractivity contribution in [1.82, 2.24) is 19.8 Å². The number of hydrogen-bond acceptors (Lipinski definition) is 2. The predicted molar refractivity (Wildman–Crippen MR) is 136 cm³/mol. The van der Waals surface area contributed by atoms with E-state index in [1.165, 1.54) is 33.2 Å². The molecule has 2 aliphatic rings. The van der Waals surface area contributed by atoms with E-state index < -0.39 is 11.8 Å². The van der Waals surface area contributed by atoms with Gasteiger partial charge in [0.25, 0.3) is 0 Å². The van der Waals surface area contributed by atoms with Gasteiger partial charge in [-0.1, -0.05) is 36.4 Å². The maximum Gasteiger partial charge on any atom is 0.125 e. The van der Waals surface area contributed by atoms with Crippen LogP contribution in [0.15, 0.2) is 54.6 Å². The van der Waals surface area contributed by atoms with Crippen LogP contribution in [0.4, 0.5) is 8.78 Å². The third-order valence-electron chi connectivity index (χ3n) is 6.86. The van der Waals surface area contributed by atoms with Crippen LogP contribution in [-0.2, 0) is 19.5 Å². The summed E-state index contributed by atoms with van der Waals surface area (Å²) >= 11 is 0. The highest BCUT2D eigenvalue weighted by molar-refractivity contribution is 5.85. The largest absolute Gasteiger partial charge is 0.357 e. The van der Waals surface area contributed by atoms with Crippen molar-refractivity contribution in [1.29, 1.82) is 0 Å². The Bertz CT molecular complexity index is 1230. The molecular formula is C28H34F2N4. The number of aromatic amines is 2. The summed E-state index contributed by atoms with van der Waals surface area (Å²) in [4.78, 5) is 11.2. The monoisotopic (exact) mass is 464 g/mol. The van der Waals surface area contributed by atoms with Crippen molar-refractivity contribution in [3.63, 3.8) is 0 Å². The number of benzene rings is 2. The Morgan fingerprint density at radius 2 is 1.71 bits per heavy atom. The average Bonchev–Trinajstić information content (AvgIpc) is 3.33. The van der Waals surface area contributed by atoms with Crippen molar-refractivity contribution in [2.24, 2.45) is 0 Å². The third kappa shape index (κ3) is 5.03. The number of para-hydroxylation sites is 2. The molecule has 0 amide bonds. The first-order valence-electron chi connectivity index (χ1n) is 12.2. The molecule has 6 rings (SSSR count). The maximum atomic E-state index is 13.9. The number of fused-ring (bicyclic) bond motifs is 4. The third-order valence-corrected chi connectivity index (χ3v) is 6.86. The number of hydrogen-bond donors (Lipinski definition) is 2. The molecular weight excluding hydrogens is 430 g/mol. The summed E-state index contributed by atoms with van der Waals surface area (Å²) in [5.41, 5.74) is 5.05. The Morgan fingerprint density at radius 3 is 2.41 bits per heavy atom. The topological polar surface area (TPSA) is 38.1 Å². The summed E-state index contributed by atoms with van der Waals surface area (Å²) in [5.74, 6) is 0. The van der Waals surface area contributed by atoms with Crippen LogP contribution in [0.3, 0.4) is 0 Å². The summed E-state index contributed by atoms with van der Waals surface area (Å²) in [7, 11) is 0. The highest BCUT2D eigenvalue weighted by Crippen LogP contribution is 2.31. The van der Waals surface area contributed by atoms with Crippen LogP contribution in [0, 0.1) is 0 Å². The van der Waals surface area contributed by atoms with Gasteiger partial charge in [-0.05, 0) is 56.3 Å². The first-order chi connectivity index (χ1) is 16.2. The van der Waals surface area contributed by atoms with Crippen LogP contribution in [0.2, 0.25) is 0 Å². The van der Waals surface area contributed by atoms with Gasteiger partial charge in [0.2, 0.25) is 0 Å². The van der Waals surface area contributed by atoms with Crippen molar-refractivity contribution in [3.8, 4) is 0 Å². The quantitative estimate of drug-likeness (QED) is 0.390. The molecule has 34 heavy (non-hydrogen) atoms. The van der Waals surface area contributed by atoms with E-state index >= 15 is 0 Å². The first-order valence-corrected chi connectivity index (χ1v) is 12.2. The second kappa shape index (κ2) is 9.16. The molecule has 4 aromatic rings. The van der Waals surface area contributed by atoms with Crippen LogP contribution >= 0.6 is 0 Å². The fraction of sp³-hybridized carbons (Fsp3) is 0.429. The van der Waals surface area contributed by atoms with Crippen molar-refractivity contribution >= 4 is 21.8 Å². The van der Waals surface area contributed by atoms with Crippen LogP contribution < -0.4 is 0 Å². The number of alkyl halides is 2. The van der Waals surface area contributed by atoms with Gasteiger partial charge in [0.15, 0.2) is 0 Å². The highest BCUT2D eigenvalue weighted by atomic mass is 19.1. The molecule has 0 spiro atoms. The van der Waals surface area contributed by atoms with Gasteiger partial charge in [-0.2, -0.15) is 0 Å². The molecule has 0 bridgehead atoms. The van der Waals surface area contributed by atoms with Crippen molar-refractivity contribution in [2.45, 2.75) is 58.2 Å². The van der Waals surface area contributed by atoms with E-state index in [0.717, 1.165) is 25.0 Å². The lowest BCUT2D eigenvalue weighted by molar-refractivity contribution is 0.0582. The molecule has 1 unspecified atom stereocenters. The normalized spacial score (nSPS) is 19.6. The SMILES string of the molecule is CC1Cc2c([nH]c3ccccc23)CN1CC(C)(C)F.FC1CN(Cc2cc3ccccc3[nH]2)C1. The van der Waals surface area contributed by atoms with Crippen LogP contribution in [-0.4, -0.2) is 57.3 Å². The van der Waals surface area contributed by atoms with Crippen molar-refractivity contribution < 1.29 is 8.78 Å². The van der Waals surface area contributed by atoms with Crippen molar-refractivity contribution in [3.05, 3.63) is 71.5 Å². The second-order valence-corrected chi connectivity index (χ2v) is 10.5. The van der Waals surface area contributed by atoms with Crippen LogP contribution in [0.5, 0.6) is 0 Å². The molecule has 180 valence electrons. The molecule has 0 saturated carbocycles. The fourth-order valence-electron chi connectivity index (χ4n) is 5.20. The molecule has 1 atom stereocenters. The lowest BCUT2D eigenvalue weighted by Gasteiger charge is -2.36. The van der Waals surface area contributed by atoms with Gasteiger partial charge >= 0.3 is 0 Å². The molecule has 4 heterocycles. The first kappa shape index (κ1) is 23.1. The molecule has 0 radical (unpaired) electrons. The molecule has 4 nitrogen and oxygen atoms in total. The van der Waals surface area contributed by atoms with E-state index in [1.807, 2.05) is 12.1 Å². The van der Waals surface area contributed by atoms with E-state index in [4.69, 9.17) is 0 Å². The fourth-order valence-corrected chi connectivity index (χ4v) is 5.20. The number of halogens is 2. The minimum absolute atomic E-state index is 0.390. The van der Waals surface area contributed by atoms with Gasteiger partial charge in [-0.3, -0.25) is 9.80 Å². The van der Waals surface area contributed by atoms with Crippen LogP contribution in [0.25, 0.3) is 21.8 Å². The average molecular weight is 465 g/mol. The lowest BCUT2D eigenvalue weighted by Crippen LogP contribution is -2.47. The van der Waals surface area contributed by atoms with Gasteiger partial charge in [0, 0.05) is 66.6 Å². The number of rotatable bonds is 4. The smallest absolute Gasteiger partial charge is 0.125 e. The van der Waals surface area contributed by atoms with E-state index in [9.17, 15) is 8.78 Å². The number of nitrogens with zero attached hydrogens (tertiary/aromatic N) is 2. The summed E-state index contributed by atoms with van der Waals surface area (Å²) < 4.78 is 26.5. The zero-order valence-corrected chi connectivity index (χ0v) is 20.2. The molecule has 2 aromatic carbocycles. The molecule has 2 aromatic heterocycles. The number of nitrogens with one attached hydrogen (secondary N) is 2. The molecule has 1 saturated heterocycles. The van der Waals surface area contributed by atoms with Gasteiger partial charge in [-0.25, -0.2) is 8.78 Å². The Balaban J connectivity index is 0.000000145. The van der Waals surface area contributed by atoms with Crippen molar-refractivity contribution in [2.75, 3.05) is 19.6 Å². The zero-order valence-electron chi connectivity index (χ0n) is 20.2. The zero-order chi connectivity index (χ0) is 23.9. The Morgan fingerprint density at radius 1 is 1.00 bits per heavy atom.